The Morgan fingerprint density at radius 3 is 2.63 bits per heavy atom. The highest BCUT2D eigenvalue weighted by atomic mass is 79.9. The monoisotopic (exact) mass is 365 g/mol. The van der Waals surface area contributed by atoms with Gasteiger partial charge in [0.25, 0.3) is 10.0 Å². The number of nitrogens with zero attached hydrogens (tertiary/aromatic N) is 4. The summed E-state index contributed by atoms with van der Waals surface area (Å²) in [4.78, 5) is 5.25. The van der Waals surface area contributed by atoms with E-state index in [1.165, 1.54) is 23.1 Å². The van der Waals surface area contributed by atoms with Crippen LogP contribution in [0.4, 0.5) is 5.13 Å². The van der Waals surface area contributed by atoms with E-state index < -0.39 is 10.0 Å². The molecule has 0 spiro atoms. The lowest BCUT2D eigenvalue weighted by atomic mass is 10.3. The summed E-state index contributed by atoms with van der Waals surface area (Å²) in [6.45, 7) is 3.89. The maximum atomic E-state index is 12.2. The zero-order valence-electron chi connectivity index (χ0n) is 10.5. The highest BCUT2D eigenvalue weighted by molar-refractivity contribution is 9.10. The van der Waals surface area contributed by atoms with Gasteiger partial charge in [0.2, 0.25) is 5.03 Å². The SMILES string of the molecule is CCc1nc(NS(=O)(=O)c2c(Br)nnn2C)sc1C. The molecule has 0 amide bonds. The van der Waals surface area contributed by atoms with E-state index in [0.29, 0.717) is 5.13 Å². The third-order valence-corrected chi connectivity index (χ3v) is 5.72. The Morgan fingerprint density at radius 1 is 1.47 bits per heavy atom. The first-order chi connectivity index (χ1) is 8.85. The highest BCUT2D eigenvalue weighted by Gasteiger charge is 2.25. The van der Waals surface area contributed by atoms with E-state index in [-0.39, 0.29) is 9.63 Å². The van der Waals surface area contributed by atoms with Crippen LogP contribution in [0.5, 0.6) is 0 Å². The minimum absolute atomic E-state index is 0.0293. The zero-order valence-corrected chi connectivity index (χ0v) is 13.7. The van der Waals surface area contributed by atoms with Crippen LogP contribution < -0.4 is 4.72 Å². The molecule has 2 aromatic heterocycles. The van der Waals surface area contributed by atoms with Crippen molar-refractivity contribution in [3.63, 3.8) is 0 Å². The first-order valence-electron chi connectivity index (χ1n) is 5.39. The fraction of sp³-hybridized carbons (Fsp3) is 0.444. The largest absolute Gasteiger partial charge is 0.283 e. The molecule has 0 aliphatic rings. The highest BCUT2D eigenvalue weighted by Crippen LogP contribution is 2.26. The molecule has 0 bridgehead atoms. The predicted molar refractivity (Wildman–Crippen MR) is 75.7 cm³/mol. The molecule has 7 nitrogen and oxygen atoms in total. The summed E-state index contributed by atoms with van der Waals surface area (Å²) < 4.78 is 28.3. The van der Waals surface area contributed by atoms with Crippen LogP contribution in [0.1, 0.15) is 17.5 Å². The minimum atomic E-state index is -3.75. The lowest BCUT2D eigenvalue weighted by Gasteiger charge is -2.04. The maximum absolute atomic E-state index is 12.2. The summed E-state index contributed by atoms with van der Waals surface area (Å²) in [6.07, 6.45) is 0.765. The van der Waals surface area contributed by atoms with E-state index >= 15 is 0 Å². The van der Waals surface area contributed by atoms with Crippen LogP contribution in [0.3, 0.4) is 0 Å². The fourth-order valence-corrected chi connectivity index (χ4v) is 4.81. The number of nitrogens with one attached hydrogen (secondary N) is 1. The topological polar surface area (TPSA) is 89.8 Å². The number of rotatable bonds is 4. The molecule has 19 heavy (non-hydrogen) atoms. The van der Waals surface area contributed by atoms with Gasteiger partial charge in [-0.1, -0.05) is 12.1 Å². The summed E-state index contributed by atoms with van der Waals surface area (Å²) >= 11 is 4.38. The van der Waals surface area contributed by atoms with Crippen molar-refractivity contribution in [1.82, 2.24) is 20.0 Å². The number of sulfonamides is 1. The molecular formula is C9H12BrN5O2S2. The Kier molecular flexibility index (Phi) is 3.92. The van der Waals surface area contributed by atoms with Gasteiger partial charge in [-0.15, -0.1) is 16.4 Å². The molecule has 2 aromatic rings. The molecule has 0 fully saturated rings. The minimum Gasteiger partial charge on any atom is -0.253 e. The van der Waals surface area contributed by atoms with Crippen LogP contribution in [-0.2, 0) is 23.5 Å². The lowest BCUT2D eigenvalue weighted by Crippen LogP contribution is -2.17. The average Bonchev–Trinajstić information content (AvgIpc) is 2.81. The van der Waals surface area contributed by atoms with E-state index in [1.807, 2.05) is 13.8 Å². The molecule has 104 valence electrons. The molecule has 0 saturated heterocycles. The van der Waals surface area contributed by atoms with Gasteiger partial charge in [-0.2, -0.15) is 8.42 Å². The average molecular weight is 366 g/mol. The molecule has 0 saturated carbocycles. The van der Waals surface area contributed by atoms with Crippen molar-refractivity contribution in [3.8, 4) is 0 Å². The van der Waals surface area contributed by atoms with Gasteiger partial charge in [0, 0.05) is 11.9 Å². The van der Waals surface area contributed by atoms with E-state index in [9.17, 15) is 8.42 Å². The Hall–Kier alpha value is -1.000. The number of hydrogen-bond donors (Lipinski definition) is 1. The maximum Gasteiger partial charge on any atom is 0.283 e. The predicted octanol–water partition coefficient (Wildman–Crippen LogP) is 1.71. The molecular weight excluding hydrogens is 354 g/mol. The molecule has 0 radical (unpaired) electrons. The molecule has 10 heteroatoms. The van der Waals surface area contributed by atoms with Crippen molar-refractivity contribution in [2.45, 2.75) is 25.3 Å². The quantitative estimate of drug-likeness (QED) is 0.890. The second-order valence-corrected chi connectivity index (χ2v) is 7.34. The van der Waals surface area contributed by atoms with E-state index in [2.05, 4.69) is 35.9 Å². The van der Waals surface area contributed by atoms with Gasteiger partial charge >= 0.3 is 0 Å². The van der Waals surface area contributed by atoms with Gasteiger partial charge < -0.3 is 0 Å². The summed E-state index contributed by atoms with van der Waals surface area (Å²) in [7, 11) is -2.24. The van der Waals surface area contributed by atoms with Crippen molar-refractivity contribution in [1.29, 1.82) is 0 Å². The summed E-state index contributed by atoms with van der Waals surface area (Å²) in [6, 6.07) is 0. The number of aromatic nitrogens is 4. The molecule has 1 N–H and O–H groups in total. The van der Waals surface area contributed by atoms with E-state index in [0.717, 1.165) is 17.0 Å². The van der Waals surface area contributed by atoms with E-state index in [1.54, 1.807) is 0 Å². The number of thiazole rings is 1. The lowest BCUT2D eigenvalue weighted by molar-refractivity contribution is 0.578. The van der Waals surface area contributed by atoms with Gasteiger partial charge in [0.1, 0.15) is 0 Å². The summed E-state index contributed by atoms with van der Waals surface area (Å²) in [5, 5.41) is 7.62. The molecule has 0 unspecified atom stereocenters. The van der Waals surface area contributed by atoms with Crippen molar-refractivity contribution in [2.24, 2.45) is 7.05 Å². The van der Waals surface area contributed by atoms with Crippen molar-refractivity contribution in [2.75, 3.05) is 4.72 Å². The molecule has 0 aliphatic heterocycles. The van der Waals surface area contributed by atoms with E-state index in [4.69, 9.17) is 0 Å². The Morgan fingerprint density at radius 2 is 2.16 bits per heavy atom. The smallest absolute Gasteiger partial charge is 0.253 e. The van der Waals surface area contributed by atoms with Crippen molar-refractivity contribution < 1.29 is 8.42 Å². The third-order valence-electron chi connectivity index (χ3n) is 2.44. The van der Waals surface area contributed by atoms with Gasteiger partial charge in [-0.3, -0.25) is 4.72 Å². The van der Waals surface area contributed by atoms with Crippen molar-refractivity contribution in [3.05, 3.63) is 15.2 Å². The van der Waals surface area contributed by atoms with Crippen LogP contribution in [0.15, 0.2) is 9.63 Å². The zero-order chi connectivity index (χ0) is 14.2. The second kappa shape index (κ2) is 5.17. The Bertz CT molecular complexity index is 687. The van der Waals surface area contributed by atoms with Gasteiger partial charge in [0.05, 0.1) is 5.69 Å². The van der Waals surface area contributed by atoms with Crippen LogP contribution in [0, 0.1) is 6.92 Å². The van der Waals surface area contributed by atoms with Crippen LogP contribution in [-0.4, -0.2) is 28.4 Å². The van der Waals surface area contributed by atoms with Crippen molar-refractivity contribution >= 4 is 42.4 Å². The number of hydrogen-bond acceptors (Lipinski definition) is 6. The first kappa shape index (κ1) is 14.4. The fourth-order valence-electron chi connectivity index (χ4n) is 1.57. The van der Waals surface area contributed by atoms with Crippen LogP contribution in [0.25, 0.3) is 0 Å². The molecule has 2 heterocycles. The number of anilines is 1. The molecule has 0 aliphatic carbocycles. The van der Waals surface area contributed by atoms with Gasteiger partial charge in [0.15, 0.2) is 9.73 Å². The summed E-state index contributed by atoms with van der Waals surface area (Å²) in [5.74, 6) is 0. The number of halogens is 1. The molecule has 2 rings (SSSR count). The normalized spacial score (nSPS) is 11.8. The Labute approximate surface area is 123 Å². The van der Waals surface area contributed by atoms with Crippen LogP contribution in [0.2, 0.25) is 0 Å². The molecule has 0 atom stereocenters. The third kappa shape index (κ3) is 2.79. The number of aryl methyl sites for hydroxylation is 3. The Balaban J connectivity index is 2.36. The standard InChI is InChI=1S/C9H12BrN5O2S2/c1-4-6-5(2)18-9(11-6)13-19(16,17)8-7(10)12-14-15(8)3/h4H2,1-3H3,(H,11,13). The first-order valence-corrected chi connectivity index (χ1v) is 8.48. The summed E-state index contributed by atoms with van der Waals surface area (Å²) in [5.41, 5.74) is 0.893. The van der Waals surface area contributed by atoms with Gasteiger partial charge in [-0.05, 0) is 29.3 Å². The molecule has 0 aromatic carbocycles. The second-order valence-electron chi connectivity index (χ2n) is 3.79. The van der Waals surface area contributed by atoms with Gasteiger partial charge in [-0.25, -0.2) is 9.67 Å². The van der Waals surface area contributed by atoms with Crippen LogP contribution >= 0.6 is 27.3 Å².